The second-order valence-corrected chi connectivity index (χ2v) is 6.75. The van der Waals surface area contributed by atoms with E-state index in [1.54, 1.807) is 11.0 Å². The standard InChI is InChI=1S/C20H25N3O3/c1-2-3-4-5-15-6-8-16(9-7-15)20(25)23(17-10-11-17)14-19(24)21-18-12-13-26-22-18/h6-9,12-13,17H,2-5,10-11,14H2,1H3,(H,21,22,24). The van der Waals surface area contributed by atoms with Gasteiger partial charge < -0.3 is 14.7 Å². The van der Waals surface area contributed by atoms with Gasteiger partial charge in [0, 0.05) is 17.7 Å². The molecule has 0 spiro atoms. The Labute approximate surface area is 153 Å². The Morgan fingerprint density at radius 2 is 1.96 bits per heavy atom. The van der Waals surface area contributed by atoms with Crippen molar-refractivity contribution in [2.45, 2.75) is 51.5 Å². The van der Waals surface area contributed by atoms with Crippen LogP contribution in [0.4, 0.5) is 5.82 Å². The molecule has 0 unspecified atom stereocenters. The van der Waals surface area contributed by atoms with E-state index in [1.165, 1.54) is 31.1 Å². The van der Waals surface area contributed by atoms with Crippen LogP contribution in [0.3, 0.4) is 0 Å². The third-order valence-electron chi connectivity index (χ3n) is 4.54. The van der Waals surface area contributed by atoms with Gasteiger partial charge in [0.25, 0.3) is 5.91 Å². The molecule has 26 heavy (non-hydrogen) atoms. The molecule has 2 amide bonds. The van der Waals surface area contributed by atoms with Gasteiger partial charge in [0.2, 0.25) is 5.91 Å². The zero-order chi connectivity index (χ0) is 18.4. The van der Waals surface area contributed by atoms with E-state index < -0.39 is 0 Å². The van der Waals surface area contributed by atoms with Crippen molar-refractivity contribution in [1.82, 2.24) is 10.1 Å². The minimum atomic E-state index is -0.268. The van der Waals surface area contributed by atoms with Crippen LogP contribution in [0.1, 0.15) is 54.9 Å². The van der Waals surface area contributed by atoms with Crippen molar-refractivity contribution in [3.8, 4) is 0 Å². The number of benzene rings is 1. The van der Waals surface area contributed by atoms with Gasteiger partial charge in [-0.2, -0.15) is 0 Å². The molecule has 1 aromatic carbocycles. The van der Waals surface area contributed by atoms with Crippen molar-refractivity contribution >= 4 is 17.6 Å². The fourth-order valence-corrected chi connectivity index (χ4v) is 2.93. The van der Waals surface area contributed by atoms with E-state index >= 15 is 0 Å². The lowest BCUT2D eigenvalue weighted by Gasteiger charge is -2.21. The van der Waals surface area contributed by atoms with Crippen LogP contribution in [-0.4, -0.2) is 34.5 Å². The minimum Gasteiger partial charge on any atom is -0.363 e. The van der Waals surface area contributed by atoms with Crippen molar-refractivity contribution in [2.24, 2.45) is 0 Å². The van der Waals surface area contributed by atoms with Crippen LogP contribution in [-0.2, 0) is 11.2 Å². The minimum absolute atomic E-state index is 0.0224. The van der Waals surface area contributed by atoms with Gasteiger partial charge in [-0.1, -0.05) is 37.1 Å². The number of nitrogens with one attached hydrogen (secondary N) is 1. The van der Waals surface area contributed by atoms with Gasteiger partial charge >= 0.3 is 0 Å². The van der Waals surface area contributed by atoms with Gasteiger partial charge in [0.1, 0.15) is 12.8 Å². The van der Waals surface area contributed by atoms with Crippen LogP contribution < -0.4 is 5.32 Å². The van der Waals surface area contributed by atoms with E-state index in [4.69, 9.17) is 4.52 Å². The van der Waals surface area contributed by atoms with Crippen molar-refractivity contribution in [1.29, 1.82) is 0 Å². The molecule has 1 aromatic heterocycles. The normalized spacial score (nSPS) is 13.4. The largest absolute Gasteiger partial charge is 0.363 e. The first-order valence-electron chi connectivity index (χ1n) is 9.27. The molecule has 6 nitrogen and oxygen atoms in total. The molecule has 0 saturated heterocycles. The Morgan fingerprint density at radius 3 is 2.58 bits per heavy atom. The number of amides is 2. The molecule has 0 bridgehead atoms. The highest BCUT2D eigenvalue weighted by molar-refractivity contribution is 5.99. The van der Waals surface area contributed by atoms with E-state index in [1.807, 2.05) is 24.3 Å². The Morgan fingerprint density at radius 1 is 1.19 bits per heavy atom. The molecular weight excluding hydrogens is 330 g/mol. The predicted molar refractivity (Wildman–Crippen MR) is 98.9 cm³/mol. The Kier molecular flexibility index (Phi) is 6.04. The topological polar surface area (TPSA) is 75.4 Å². The fourth-order valence-electron chi connectivity index (χ4n) is 2.93. The molecule has 0 atom stereocenters. The molecule has 1 fully saturated rings. The van der Waals surface area contributed by atoms with Gasteiger partial charge in [-0.25, -0.2) is 0 Å². The second kappa shape index (κ2) is 8.65. The van der Waals surface area contributed by atoms with Crippen LogP contribution in [0.5, 0.6) is 0 Å². The monoisotopic (exact) mass is 355 g/mol. The van der Waals surface area contributed by atoms with E-state index in [9.17, 15) is 9.59 Å². The average Bonchev–Trinajstić information content (AvgIpc) is 3.37. The van der Waals surface area contributed by atoms with E-state index in [0.717, 1.165) is 19.3 Å². The molecule has 3 rings (SSSR count). The fraction of sp³-hybridized carbons (Fsp3) is 0.450. The highest BCUT2D eigenvalue weighted by Gasteiger charge is 2.34. The summed E-state index contributed by atoms with van der Waals surface area (Å²) < 4.78 is 4.70. The third-order valence-corrected chi connectivity index (χ3v) is 4.54. The third kappa shape index (κ3) is 4.94. The molecule has 6 heteroatoms. The number of aryl methyl sites for hydroxylation is 1. The zero-order valence-corrected chi connectivity index (χ0v) is 15.1. The lowest BCUT2D eigenvalue weighted by molar-refractivity contribution is -0.117. The van der Waals surface area contributed by atoms with E-state index in [2.05, 4.69) is 17.4 Å². The van der Waals surface area contributed by atoms with Crippen molar-refractivity contribution in [2.75, 3.05) is 11.9 Å². The quantitative estimate of drug-likeness (QED) is 0.697. The Balaban J connectivity index is 1.60. The van der Waals surface area contributed by atoms with Crippen LogP contribution >= 0.6 is 0 Å². The maximum absolute atomic E-state index is 12.8. The van der Waals surface area contributed by atoms with Crippen molar-refractivity contribution in [3.05, 3.63) is 47.7 Å². The van der Waals surface area contributed by atoms with E-state index in [-0.39, 0.29) is 24.4 Å². The number of hydrogen-bond acceptors (Lipinski definition) is 4. The molecule has 1 saturated carbocycles. The number of hydrogen-bond donors (Lipinski definition) is 1. The number of rotatable bonds is 9. The molecule has 1 heterocycles. The molecule has 2 aromatic rings. The maximum atomic E-state index is 12.8. The summed E-state index contributed by atoms with van der Waals surface area (Å²) in [5.41, 5.74) is 1.88. The van der Waals surface area contributed by atoms with Gasteiger partial charge in [-0.05, 0) is 43.4 Å². The van der Waals surface area contributed by atoms with Gasteiger partial charge in [0.15, 0.2) is 5.82 Å². The van der Waals surface area contributed by atoms with Gasteiger partial charge in [-0.15, -0.1) is 0 Å². The van der Waals surface area contributed by atoms with Crippen LogP contribution in [0.15, 0.2) is 41.1 Å². The number of carbonyl (C=O) groups excluding carboxylic acids is 2. The number of anilines is 1. The number of nitrogens with zero attached hydrogens (tertiary/aromatic N) is 2. The number of carbonyl (C=O) groups is 2. The molecular formula is C20H25N3O3. The molecule has 0 aliphatic heterocycles. The summed E-state index contributed by atoms with van der Waals surface area (Å²) in [6.45, 7) is 2.21. The first-order chi connectivity index (χ1) is 12.7. The summed E-state index contributed by atoms with van der Waals surface area (Å²) in [5, 5.41) is 6.30. The van der Waals surface area contributed by atoms with Gasteiger partial charge in [0.05, 0.1) is 0 Å². The molecule has 1 aliphatic rings. The molecule has 1 aliphatic carbocycles. The zero-order valence-electron chi connectivity index (χ0n) is 15.1. The van der Waals surface area contributed by atoms with Crippen molar-refractivity contribution < 1.29 is 14.1 Å². The van der Waals surface area contributed by atoms with E-state index in [0.29, 0.717) is 11.4 Å². The van der Waals surface area contributed by atoms with Gasteiger partial charge in [-0.3, -0.25) is 9.59 Å². The first-order valence-corrected chi connectivity index (χ1v) is 9.27. The van der Waals surface area contributed by atoms with Crippen LogP contribution in [0, 0.1) is 0 Å². The number of unbranched alkanes of at least 4 members (excludes halogenated alkanes) is 2. The molecule has 1 N–H and O–H groups in total. The first kappa shape index (κ1) is 18.2. The molecule has 138 valence electrons. The van der Waals surface area contributed by atoms with Crippen molar-refractivity contribution in [3.63, 3.8) is 0 Å². The summed E-state index contributed by atoms with van der Waals surface area (Å²) in [6.07, 6.45) is 7.90. The number of aromatic nitrogens is 1. The second-order valence-electron chi connectivity index (χ2n) is 6.75. The van der Waals surface area contributed by atoms with Crippen LogP contribution in [0.25, 0.3) is 0 Å². The summed E-state index contributed by atoms with van der Waals surface area (Å²) >= 11 is 0. The summed E-state index contributed by atoms with van der Waals surface area (Å²) in [7, 11) is 0. The van der Waals surface area contributed by atoms with Crippen LogP contribution in [0.2, 0.25) is 0 Å². The lowest BCUT2D eigenvalue weighted by atomic mass is 10.0. The predicted octanol–water partition coefficient (Wildman–Crippen LogP) is 3.65. The highest BCUT2D eigenvalue weighted by atomic mass is 16.5. The summed E-state index contributed by atoms with van der Waals surface area (Å²) in [6, 6.07) is 9.49. The smallest absolute Gasteiger partial charge is 0.254 e. The molecule has 0 radical (unpaired) electrons. The summed E-state index contributed by atoms with van der Waals surface area (Å²) in [4.78, 5) is 26.7. The Hall–Kier alpha value is -2.63. The maximum Gasteiger partial charge on any atom is 0.254 e. The SMILES string of the molecule is CCCCCc1ccc(C(=O)N(CC(=O)Nc2ccon2)C2CC2)cc1. The highest BCUT2D eigenvalue weighted by Crippen LogP contribution is 2.28. The lowest BCUT2D eigenvalue weighted by Crippen LogP contribution is -2.39. The summed E-state index contributed by atoms with van der Waals surface area (Å²) in [5.74, 6) is -0.00660. The Bertz CT molecular complexity index is 721. The average molecular weight is 355 g/mol.